The lowest BCUT2D eigenvalue weighted by atomic mass is 10.1. The summed E-state index contributed by atoms with van der Waals surface area (Å²) in [6.45, 7) is 3.32. The maximum atomic E-state index is 12.9. The zero-order valence-electron chi connectivity index (χ0n) is 11.6. The second kappa shape index (κ2) is 6.02. The van der Waals surface area contributed by atoms with Crippen molar-refractivity contribution in [3.63, 3.8) is 0 Å². The third-order valence-corrected chi connectivity index (χ3v) is 3.09. The minimum absolute atomic E-state index is 0.413. The average molecular weight is 289 g/mol. The molecule has 0 saturated carbocycles. The van der Waals surface area contributed by atoms with Gasteiger partial charge in [-0.05, 0) is 25.5 Å². The van der Waals surface area contributed by atoms with Crippen LogP contribution in [0.3, 0.4) is 0 Å². The Morgan fingerprint density at radius 3 is 2.45 bits per heavy atom. The highest BCUT2D eigenvalue weighted by Crippen LogP contribution is 2.29. The fourth-order valence-corrected chi connectivity index (χ4v) is 2.04. The van der Waals surface area contributed by atoms with Gasteiger partial charge in [0.2, 0.25) is 0 Å². The minimum Gasteiger partial charge on any atom is -0.409 e. The molecule has 0 aliphatic carbocycles. The molecule has 0 fully saturated rings. The van der Waals surface area contributed by atoms with Gasteiger partial charge in [-0.15, -0.1) is 0 Å². The molecule has 1 unspecified atom stereocenters. The molecular formula is C13H18F3N3O. The van der Waals surface area contributed by atoms with Crippen molar-refractivity contribution in [2.75, 3.05) is 18.5 Å². The Bertz CT molecular complexity index is 500. The van der Waals surface area contributed by atoms with Gasteiger partial charge in [-0.1, -0.05) is 22.9 Å². The monoisotopic (exact) mass is 289 g/mol. The van der Waals surface area contributed by atoms with E-state index in [4.69, 9.17) is 10.9 Å². The van der Waals surface area contributed by atoms with E-state index in [2.05, 4.69) is 5.16 Å². The number of nitrogens with zero attached hydrogens (tertiary/aromatic N) is 2. The van der Waals surface area contributed by atoms with Crippen molar-refractivity contribution < 1.29 is 18.4 Å². The molecule has 1 aromatic rings. The van der Waals surface area contributed by atoms with Gasteiger partial charge in [0, 0.05) is 19.3 Å². The van der Waals surface area contributed by atoms with E-state index in [1.807, 2.05) is 26.0 Å². The van der Waals surface area contributed by atoms with E-state index in [1.54, 1.807) is 13.1 Å². The number of hydrogen-bond donors (Lipinski definition) is 2. The van der Waals surface area contributed by atoms with Crippen molar-refractivity contribution >= 4 is 11.5 Å². The number of aryl methyl sites for hydroxylation is 2. The number of benzene rings is 1. The second-order valence-electron chi connectivity index (χ2n) is 4.79. The molecule has 0 aliphatic heterocycles. The van der Waals surface area contributed by atoms with Crippen LogP contribution in [0.4, 0.5) is 18.9 Å². The van der Waals surface area contributed by atoms with E-state index >= 15 is 0 Å². The number of alkyl halides is 3. The highest BCUT2D eigenvalue weighted by molar-refractivity contribution is 5.83. The molecule has 20 heavy (non-hydrogen) atoms. The largest absolute Gasteiger partial charge is 0.409 e. The van der Waals surface area contributed by atoms with Gasteiger partial charge in [-0.25, -0.2) is 0 Å². The van der Waals surface area contributed by atoms with Gasteiger partial charge in [-0.2, -0.15) is 13.2 Å². The SMILES string of the molecule is Cc1ccc(N(C)CC(/C(N)=N/O)C(F)(F)F)c(C)c1. The van der Waals surface area contributed by atoms with E-state index in [9.17, 15) is 13.2 Å². The van der Waals surface area contributed by atoms with Crippen molar-refractivity contribution in [1.29, 1.82) is 0 Å². The lowest BCUT2D eigenvalue weighted by Gasteiger charge is -2.27. The predicted molar refractivity (Wildman–Crippen MR) is 72.1 cm³/mol. The summed E-state index contributed by atoms with van der Waals surface area (Å²) in [4.78, 5) is 1.45. The quantitative estimate of drug-likeness (QED) is 0.388. The van der Waals surface area contributed by atoms with Crippen LogP contribution in [0.2, 0.25) is 0 Å². The maximum Gasteiger partial charge on any atom is 0.400 e. The van der Waals surface area contributed by atoms with Crippen molar-refractivity contribution in [1.82, 2.24) is 0 Å². The van der Waals surface area contributed by atoms with Crippen LogP contribution in [0.25, 0.3) is 0 Å². The normalized spacial score (nSPS) is 14.2. The average Bonchev–Trinajstić information content (AvgIpc) is 2.33. The van der Waals surface area contributed by atoms with Gasteiger partial charge in [0.1, 0.15) is 5.92 Å². The van der Waals surface area contributed by atoms with Crippen LogP contribution in [0, 0.1) is 19.8 Å². The standard InChI is InChI=1S/C13H18F3N3O/c1-8-4-5-11(9(2)6-8)19(3)7-10(12(17)18-20)13(14,15)16/h4-6,10,20H,7H2,1-3H3,(H2,17,18). The van der Waals surface area contributed by atoms with Crippen LogP contribution < -0.4 is 10.6 Å². The van der Waals surface area contributed by atoms with Crippen molar-refractivity contribution in [3.05, 3.63) is 29.3 Å². The summed E-state index contributed by atoms with van der Waals surface area (Å²) >= 11 is 0. The topological polar surface area (TPSA) is 61.8 Å². The van der Waals surface area contributed by atoms with Gasteiger partial charge in [0.05, 0.1) is 0 Å². The molecule has 3 N–H and O–H groups in total. The zero-order chi connectivity index (χ0) is 15.5. The van der Waals surface area contributed by atoms with Gasteiger partial charge >= 0.3 is 6.18 Å². The Morgan fingerprint density at radius 2 is 2.00 bits per heavy atom. The van der Waals surface area contributed by atoms with Crippen LogP contribution in [-0.4, -0.2) is 30.8 Å². The summed E-state index contributed by atoms with van der Waals surface area (Å²) < 4.78 is 38.7. The first-order valence-corrected chi connectivity index (χ1v) is 5.99. The molecule has 0 aliphatic rings. The first-order chi connectivity index (χ1) is 9.16. The van der Waals surface area contributed by atoms with Crippen LogP contribution in [-0.2, 0) is 0 Å². The van der Waals surface area contributed by atoms with Crippen molar-refractivity contribution in [2.45, 2.75) is 20.0 Å². The van der Waals surface area contributed by atoms with Crippen LogP contribution in [0.15, 0.2) is 23.4 Å². The van der Waals surface area contributed by atoms with Crippen molar-refractivity contribution in [3.8, 4) is 0 Å². The van der Waals surface area contributed by atoms with Gasteiger partial charge < -0.3 is 15.8 Å². The third kappa shape index (κ3) is 3.79. The number of hydrogen-bond acceptors (Lipinski definition) is 3. The van der Waals surface area contributed by atoms with E-state index in [0.29, 0.717) is 5.69 Å². The van der Waals surface area contributed by atoms with E-state index in [0.717, 1.165) is 11.1 Å². The number of amidine groups is 1. The smallest absolute Gasteiger partial charge is 0.400 e. The molecule has 0 saturated heterocycles. The molecule has 0 bridgehead atoms. The van der Waals surface area contributed by atoms with Crippen molar-refractivity contribution in [2.24, 2.45) is 16.8 Å². The lowest BCUT2D eigenvalue weighted by Crippen LogP contribution is -2.43. The highest BCUT2D eigenvalue weighted by Gasteiger charge is 2.43. The maximum absolute atomic E-state index is 12.9. The van der Waals surface area contributed by atoms with Gasteiger partial charge in [-0.3, -0.25) is 0 Å². The summed E-state index contributed by atoms with van der Waals surface area (Å²) in [5, 5.41) is 11.0. The van der Waals surface area contributed by atoms with Crippen LogP contribution in [0.5, 0.6) is 0 Å². The zero-order valence-corrected chi connectivity index (χ0v) is 11.6. The Labute approximate surface area is 115 Å². The summed E-state index contributed by atoms with van der Waals surface area (Å²) in [5.41, 5.74) is 7.72. The number of halogens is 3. The molecule has 1 rings (SSSR count). The molecule has 1 atom stereocenters. The van der Waals surface area contributed by atoms with E-state index in [-0.39, 0.29) is 0 Å². The van der Waals surface area contributed by atoms with E-state index < -0.39 is 24.5 Å². The Balaban J connectivity index is 2.99. The molecule has 0 spiro atoms. The third-order valence-electron chi connectivity index (χ3n) is 3.09. The predicted octanol–water partition coefficient (Wildman–Crippen LogP) is 2.66. The van der Waals surface area contributed by atoms with Crippen LogP contribution in [0.1, 0.15) is 11.1 Å². The molecular weight excluding hydrogens is 271 g/mol. The molecule has 7 heteroatoms. The van der Waals surface area contributed by atoms with Gasteiger partial charge in [0.15, 0.2) is 5.84 Å². The summed E-state index contributed by atoms with van der Waals surface area (Å²) in [7, 11) is 1.54. The number of nitrogens with two attached hydrogens (primary N) is 1. The fraction of sp³-hybridized carbons (Fsp3) is 0.462. The Morgan fingerprint density at radius 1 is 1.40 bits per heavy atom. The Kier molecular flexibility index (Phi) is 4.86. The highest BCUT2D eigenvalue weighted by atomic mass is 19.4. The first kappa shape index (κ1) is 16.1. The molecule has 0 aromatic heterocycles. The second-order valence-corrected chi connectivity index (χ2v) is 4.79. The van der Waals surface area contributed by atoms with E-state index in [1.165, 1.54) is 4.90 Å². The van der Waals surface area contributed by atoms with Crippen LogP contribution >= 0.6 is 0 Å². The summed E-state index contributed by atoms with van der Waals surface area (Å²) in [6.07, 6.45) is -4.57. The molecule has 112 valence electrons. The van der Waals surface area contributed by atoms with Gasteiger partial charge in [0.25, 0.3) is 0 Å². The Hall–Kier alpha value is -1.92. The molecule has 0 amide bonds. The number of anilines is 1. The minimum atomic E-state index is -4.57. The number of oxime groups is 1. The first-order valence-electron chi connectivity index (χ1n) is 5.99. The summed E-state index contributed by atoms with van der Waals surface area (Å²) in [5.74, 6) is -2.85. The molecule has 0 radical (unpaired) electrons. The fourth-order valence-electron chi connectivity index (χ4n) is 2.04. The molecule has 4 nitrogen and oxygen atoms in total. The lowest BCUT2D eigenvalue weighted by molar-refractivity contribution is -0.153. The molecule has 1 aromatic carbocycles. The summed E-state index contributed by atoms with van der Waals surface area (Å²) in [6, 6.07) is 5.47. The number of rotatable bonds is 4. The molecule has 0 heterocycles.